The monoisotopic (exact) mass is 360 g/mol. The Morgan fingerprint density at radius 3 is 2.81 bits per heavy atom. The molecule has 4 heteroatoms. The van der Waals surface area contributed by atoms with E-state index in [0.717, 1.165) is 37.7 Å². The minimum atomic E-state index is -0.210. The molecule has 0 aromatic heterocycles. The van der Waals surface area contributed by atoms with E-state index in [1.807, 2.05) is 0 Å². The lowest BCUT2D eigenvalue weighted by molar-refractivity contribution is -0.152. The van der Waals surface area contributed by atoms with E-state index >= 15 is 0 Å². The van der Waals surface area contributed by atoms with Crippen molar-refractivity contribution in [3.8, 4) is 0 Å². The Morgan fingerprint density at radius 1 is 1.38 bits per heavy atom. The van der Waals surface area contributed by atoms with E-state index in [4.69, 9.17) is 9.47 Å². The summed E-state index contributed by atoms with van der Waals surface area (Å²) in [6.07, 6.45) is 9.24. The first kappa shape index (κ1) is 19.2. The predicted octanol–water partition coefficient (Wildman–Crippen LogP) is 4.59. The molecule has 2 saturated carbocycles. The molecule has 0 unspecified atom stereocenters. The van der Waals surface area contributed by atoms with Crippen LogP contribution in [-0.2, 0) is 19.1 Å². The number of ether oxygens (including phenoxy) is 2. The van der Waals surface area contributed by atoms with Gasteiger partial charge in [-0.05, 0) is 61.3 Å². The van der Waals surface area contributed by atoms with E-state index < -0.39 is 0 Å². The van der Waals surface area contributed by atoms with Crippen LogP contribution in [-0.4, -0.2) is 25.2 Å². The van der Waals surface area contributed by atoms with Gasteiger partial charge in [-0.15, -0.1) is 0 Å². The van der Waals surface area contributed by atoms with Crippen molar-refractivity contribution in [3.05, 3.63) is 23.8 Å². The fourth-order valence-electron chi connectivity index (χ4n) is 5.94. The highest BCUT2D eigenvalue weighted by atomic mass is 16.5. The predicted molar refractivity (Wildman–Crippen MR) is 100 cm³/mol. The third-order valence-electron chi connectivity index (χ3n) is 7.22. The lowest BCUT2D eigenvalue weighted by Crippen LogP contribution is -2.52. The molecule has 0 aromatic rings. The van der Waals surface area contributed by atoms with Crippen LogP contribution in [0.1, 0.15) is 65.7 Å². The van der Waals surface area contributed by atoms with Gasteiger partial charge in [0.15, 0.2) is 0 Å². The average molecular weight is 360 g/mol. The van der Waals surface area contributed by atoms with E-state index in [0.29, 0.717) is 25.0 Å². The Morgan fingerprint density at radius 2 is 2.15 bits per heavy atom. The van der Waals surface area contributed by atoms with Crippen molar-refractivity contribution < 1.29 is 19.1 Å². The SMILES string of the molecule is C=C1CC[C@@H]2[C@](C)(COC(C)=O)CCC[C@@]2(C)[C@@H]1CCC1=CC(=O)OC1. The zero-order valence-corrected chi connectivity index (χ0v) is 16.4. The van der Waals surface area contributed by atoms with Crippen LogP contribution in [0.2, 0.25) is 0 Å². The molecule has 2 aliphatic carbocycles. The number of fused-ring (bicyclic) bond motifs is 1. The molecule has 4 atom stereocenters. The van der Waals surface area contributed by atoms with Crippen LogP contribution in [0.3, 0.4) is 0 Å². The third kappa shape index (κ3) is 3.60. The van der Waals surface area contributed by atoms with Crippen molar-refractivity contribution in [1.29, 1.82) is 0 Å². The minimum absolute atomic E-state index is 0.0450. The summed E-state index contributed by atoms with van der Waals surface area (Å²) in [6, 6.07) is 0. The van der Waals surface area contributed by atoms with Gasteiger partial charge in [-0.1, -0.05) is 32.4 Å². The highest BCUT2D eigenvalue weighted by molar-refractivity contribution is 5.85. The lowest BCUT2D eigenvalue weighted by Gasteiger charge is -2.58. The molecule has 1 heterocycles. The quantitative estimate of drug-likeness (QED) is 0.531. The summed E-state index contributed by atoms with van der Waals surface area (Å²) in [5, 5.41) is 0. The van der Waals surface area contributed by atoms with Crippen molar-refractivity contribution in [2.45, 2.75) is 65.7 Å². The second-order valence-corrected chi connectivity index (χ2v) is 9.04. The van der Waals surface area contributed by atoms with Gasteiger partial charge >= 0.3 is 11.9 Å². The zero-order valence-electron chi connectivity index (χ0n) is 16.4. The van der Waals surface area contributed by atoms with Crippen LogP contribution in [0.15, 0.2) is 23.8 Å². The maximum Gasteiger partial charge on any atom is 0.331 e. The van der Waals surface area contributed by atoms with Gasteiger partial charge in [0, 0.05) is 18.4 Å². The summed E-state index contributed by atoms with van der Waals surface area (Å²) in [4.78, 5) is 22.7. The molecular formula is C22H32O4. The molecule has 0 amide bonds. The first-order valence-corrected chi connectivity index (χ1v) is 9.92. The van der Waals surface area contributed by atoms with Crippen molar-refractivity contribution in [1.82, 2.24) is 0 Å². The van der Waals surface area contributed by atoms with Crippen LogP contribution in [0.5, 0.6) is 0 Å². The molecule has 3 rings (SSSR count). The molecular weight excluding hydrogens is 328 g/mol. The van der Waals surface area contributed by atoms with Gasteiger partial charge in [0.05, 0.1) is 6.61 Å². The molecule has 1 aliphatic heterocycles. The van der Waals surface area contributed by atoms with Gasteiger partial charge in [0.25, 0.3) is 0 Å². The maximum atomic E-state index is 11.4. The Kier molecular flexibility index (Phi) is 5.32. The second-order valence-electron chi connectivity index (χ2n) is 9.04. The zero-order chi connectivity index (χ0) is 18.9. The largest absolute Gasteiger partial charge is 0.465 e. The van der Waals surface area contributed by atoms with E-state index in [1.54, 1.807) is 6.08 Å². The first-order valence-electron chi connectivity index (χ1n) is 9.92. The number of cyclic esters (lactones) is 1. The fraction of sp³-hybridized carbons (Fsp3) is 0.727. The molecule has 0 radical (unpaired) electrons. The van der Waals surface area contributed by atoms with Crippen molar-refractivity contribution in [3.63, 3.8) is 0 Å². The van der Waals surface area contributed by atoms with Gasteiger partial charge in [0.2, 0.25) is 0 Å². The number of hydrogen-bond acceptors (Lipinski definition) is 4. The number of allylic oxidation sites excluding steroid dienone is 1. The van der Waals surface area contributed by atoms with E-state index in [2.05, 4.69) is 20.4 Å². The van der Waals surface area contributed by atoms with Gasteiger partial charge in [-0.2, -0.15) is 0 Å². The smallest absolute Gasteiger partial charge is 0.331 e. The van der Waals surface area contributed by atoms with Crippen LogP contribution in [0.25, 0.3) is 0 Å². The first-order chi connectivity index (χ1) is 12.2. The number of rotatable bonds is 5. The Balaban J connectivity index is 1.77. The van der Waals surface area contributed by atoms with Crippen molar-refractivity contribution in [2.24, 2.45) is 22.7 Å². The van der Waals surface area contributed by atoms with E-state index in [9.17, 15) is 9.59 Å². The topological polar surface area (TPSA) is 52.6 Å². The highest BCUT2D eigenvalue weighted by Gasteiger charge is 2.54. The van der Waals surface area contributed by atoms with E-state index in [-0.39, 0.29) is 22.8 Å². The molecule has 0 aromatic carbocycles. The normalized spacial score (nSPS) is 37.0. The molecule has 2 fully saturated rings. The maximum absolute atomic E-state index is 11.4. The van der Waals surface area contributed by atoms with Crippen molar-refractivity contribution >= 4 is 11.9 Å². The fourth-order valence-corrected chi connectivity index (χ4v) is 5.94. The van der Waals surface area contributed by atoms with Gasteiger partial charge in [-0.25, -0.2) is 4.79 Å². The molecule has 0 spiro atoms. The molecule has 144 valence electrons. The van der Waals surface area contributed by atoms with E-state index in [1.165, 1.54) is 25.3 Å². The number of esters is 2. The summed E-state index contributed by atoms with van der Waals surface area (Å²) in [7, 11) is 0. The minimum Gasteiger partial charge on any atom is -0.465 e. The van der Waals surface area contributed by atoms with Crippen LogP contribution in [0, 0.1) is 22.7 Å². The van der Waals surface area contributed by atoms with Crippen LogP contribution >= 0.6 is 0 Å². The molecule has 4 nitrogen and oxygen atoms in total. The van der Waals surface area contributed by atoms with Gasteiger partial charge in [0.1, 0.15) is 6.61 Å². The molecule has 3 aliphatic rings. The number of carbonyl (C=O) groups excluding carboxylic acids is 2. The van der Waals surface area contributed by atoms with Gasteiger partial charge in [-0.3, -0.25) is 4.79 Å². The summed E-state index contributed by atoms with van der Waals surface area (Å²) >= 11 is 0. The average Bonchev–Trinajstić information content (AvgIpc) is 2.97. The third-order valence-corrected chi connectivity index (χ3v) is 7.22. The van der Waals surface area contributed by atoms with Crippen LogP contribution in [0.4, 0.5) is 0 Å². The Labute approximate surface area is 157 Å². The number of hydrogen-bond donors (Lipinski definition) is 0. The molecule has 0 N–H and O–H groups in total. The summed E-state index contributed by atoms with van der Waals surface area (Å²) in [5.41, 5.74) is 2.69. The summed E-state index contributed by atoms with van der Waals surface area (Å²) < 4.78 is 10.5. The Bertz CT molecular complexity index is 634. The molecule has 0 saturated heterocycles. The Hall–Kier alpha value is -1.58. The number of carbonyl (C=O) groups is 2. The lowest BCUT2D eigenvalue weighted by atomic mass is 9.47. The highest BCUT2D eigenvalue weighted by Crippen LogP contribution is 2.62. The van der Waals surface area contributed by atoms with Crippen molar-refractivity contribution in [2.75, 3.05) is 13.2 Å². The summed E-state index contributed by atoms with van der Waals surface area (Å²) in [5.74, 6) is 0.593. The van der Waals surface area contributed by atoms with Gasteiger partial charge < -0.3 is 9.47 Å². The van der Waals surface area contributed by atoms with Crippen LogP contribution < -0.4 is 0 Å². The standard InChI is InChI=1S/C22H32O4/c1-15-6-9-19-21(3,14-26-16(2)23)10-5-11-22(19,4)18(15)8-7-17-12-20(24)25-13-17/h12,18-19H,1,5-11,13-14H2,2-4H3/t18-,19-,21+,22+/m1/s1. The second kappa shape index (κ2) is 7.21. The molecule has 0 bridgehead atoms. The molecule has 26 heavy (non-hydrogen) atoms. The summed E-state index contributed by atoms with van der Waals surface area (Å²) in [6.45, 7) is 11.6.